The molecule has 0 saturated carbocycles. The highest BCUT2D eigenvalue weighted by atomic mass is 19.1. The van der Waals surface area contributed by atoms with Crippen LogP contribution in [0.1, 0.15) is 25.1 Å². The number of nitrogens with one attached hydrogen (secondary N) is 1. The zero-order valence-corrected chi connectivity index (χ0v) is 15.6. The number of hydrogen-bond acceptors (Lipinski definition) is 9. The minimum atomic E-state index is -1.09. The number of nitrogens with zero attached hydrogens (tertiary/aromatic N) is 7. The number of halogens is 1. The average molecular weight is 398 g/mol. The van der Waals surface area contributed by atoms with Gasteiger partial charge in [-0.3, -0.25) is 0 Å². The molecule has 0 aliphatic carbocycles. The first-order chi connectivity index (χ1) is 14.1. The molecule has 11 heteroatoms. The van der Waals surface area contributed by atoms with Gasteiger partial charge in [-0.05, 0) is 37.1 Å². The van der Waals surface area contributed by atoms with Gasteiger partial charge in [-0.15, -0.1) is 20.1 Å². The number of aromatic hydroxyl groups is 1. The van der Waals surface area contributed by atoms with E-state index in [1.54, 1.807) is 19.1 Å². The van der Waals surface area contributed by atoms with Gasteiger partial charge in [0.05, 0.1) is 11.9 Å². The first kappa shape index (κ1) is 17.9. The predicted octanol–water partition coefficient (Wildman–Crippen LogP) is 1.14. The molecule has 2 fully saturated rings. The van der Waals surface area contributed by atoms with Gasteiger partial charge in [0.2, 0.25) is 0 Å². The Morgan fingerprint density at radius 2 is 2.14 bits per heavy atom. The number of piperidine rings is 1. The highest BCUT2D eigenvalue weighted by molar-refractivity contribution is 5.67. The maximum absolute atomic E-state index is 14.5. The molecule has 2 aromatic heterocycles. The number of benzene rings is 1. The molecule has 1 aromatic carbocycles. The van der Waals surface area contributed by atoms with Crippen molar-refractivity contribution in [1.82, 2.24) is 40.7 Å². The first-order valence-electron chi connectivity index (χ1n) is 9.44. The second-order valence-corrected chi connectivity index (χ2v) is 7.34. The molecule has 10 nitrogen and oxygen atoms in total. The summed E-state index contributed by atoms with van der Waals surface area (Å²) in [5.74, 6) is 0.498. The Balaban J connectivity index is 1.32. The first-order valence-corrected chi connectivity index (χ1v) is 9.44. The lowest BCUT2D eigenvalue weighted by Gasteiger charge is -2.31. The van der Waals surface area contributed by atoms with Crippen molar-refractivity contribution < 1.29 is 14.2 Å². The summed E-state index contributed by atoms with van der Waals surface area (Å²) in [6, 6.07) is 5.04. The van der Waals surface area contributed by atoms with E-state index in [4.69, 9.17) is 4.74 Å². The number of aryl methyl sites for hydroxylation is 1. The van der Waals surface area contributed by atoms with E-state index >= 15 is 0 Å². The standard InChI is InChI=1S/C18H19FN8O2/c1-9-22-26-27(25-9)11-3-4-12(15(28)7-11)14-8-20-18(24-23-14)29-16-6-10-2-5-13(21-10)17(16)19/h3-4,7-8,10,13,16-17,21,28H,2,5-6H2,1H3/t10?,13?,16-,17-/m1/s1. The van der Waals surface area contributed by atoms with Gasteiger partial charge in [0, 0.05) is 30.1 Å². The quantitative estimate of drug-likeness (QED) is 0.666. The fraction of sp³-hybridized carbons (Fsp3) is 0.444. The molecule has 2 bridgehead atoms. The van der Waals surface area contributed by atoms with Gasteiger partial charge in [0.15, 0.2) is 12.0 Å². The van der Waals surface area contributed by atoms with E-state index in [-0.39, 0.29) is 23.8 Å². The SMILES string of the molecule is Cc1nnn(-c2ccc(-c3cnc(O[C@@H]4CC5CCC(N5)[C@H]4F)nn3)c(O)c2)n1. The van der Waals surface area contributed by atoms with Crippen LogP contribution < -0.4 is 10.1 Å². The lowest BCUT2D eigenvalue weighted by atomic mass is 10.0. The van der Waals surface area contributed by atoms with E-state index in [0.717, 1.165) is 12.8 Å². The number of tetrazole rings is 1. The van der Waals surface area contributed by atoms with Crippen LogP contribution in [-0.2, 0) is 0 Å². The molecule has 0 amide bonds. The molecule has 5 rings (SSSR count). The molecule has 4 heterocycles. The van der Waals surface area contributed by atoms with Crippen molar-refractivity contribution >= 4 is 0 Å². The third-order valence-corrected chi connectivity index (χ3v) is 5.33. The summed E-state index contributed by atoms with van der Waals surface area (Å²) in [6.45, 7) is 1.72. The van der Waals surface area contributed by atoms with Crippen LogP contribution >= 0.6 is 0 Å². The summed E-state index contributed by atoms with van der Waals surface area (Å²) in [5, 5.41) is 33.5. The number of rotatable bonds is 4. The molecular formula is C18H19FN8O2. The normalized spacial score (nSPS) is 25.9. The van der Waals surface area contributed by atoms with Crippen LogP contribution in [0.3, 0.4) is 0 Å². The van der Waals surface area contributed by atoms with Gasteiger partial charge in [0.25, 0.3) is 0 Å². The maximum Gasteiger partial charge on any atom is 0.336 e. The van der Waals surface area contributed by atoms with Crippen LogP contribution in [0.15, 0.2) is 24.4 Å². The van der Waals surface area contributed by atoms with E-state index in [1.807, 2.05) is 0 Å². The van der Waals surface area contributed by atoms with Crippen LogP contribution in [0.4, 0.5) is 4.39 Å². The number of hydrogen-bond donors (Lipinski definition) is 2. The lowest BCUT2D eigenvalue weighted by molar-refractivity contribution is 0.0386. The van der Waals surface area contributed by atoms with E-state index in [0.29, 0.717) is 29.2 Å². The Hall–Kier alpha value is -3.21. The monoisotopic (exact) mass is 398 g/mol. The van der Waals surface area contributed by atoms with Gasteiger partial charge >= 0.3 is 6.01 Å². The molecule has 0 radical (unpaired) electrons. The molecule has 4 atom stereocenters. The number of fused-ring (bicyclic) bond motifs is 2. The minimum absolute atomic E-state index is 0.0269. The zero-order chi connectivity index (χ0) is 20.0. The van der Waals surface area contributed by atoms with Gasteiger partial charge in [-0.25, -0.2) is 9.37 Å². The van der Waals surface area contributed by atoms with Crippen molar-refractivity contribution in [3.63, 3.8) is 0 Å². The summed E-state index contributed by atoms with van der Waals surface area (Å²) in [5.41, 5.74) is 1.37. The Kier molecular flexibility index (Phi) is 4.31. The summed E-state index contributed by atoms with van der Waals surface area (Å²) in [4.78, 5) is 5.46. The van der Waals surface area contributed by atoms with Crippen molar-refractivity contribution in [3.05, 3.63) is 30.2 Å². The molecule has 3 aromatic rings. The van der Waals surface area contributed by atoms with Crippen molar-refractivity contribution in [2.75, 3.05) is 0 Å². The van der Waals surface area contributed by atoms with Gasteiger partial charge < -0.3 is 15.2 Å². The van der Waals surface area contributed by atoms with Crippen molar-refractivity contribution in [3.8, 4) is 28.7 Å². The number of phenols is 1. The number of aromatic nitrogens is 7. The number of phenolic OH excluding ortho intramolecular Hbond substituents is 1. The summed E-state index contributed by atoms with van der Waals surface area (Å²) in [7, 11) is 0. The van der Waals surface area contributed by atoms with E-state index in [1.165, 1.54) is 17.1 Å². The fourth-order valence-corrected chi connectivity index (χ4v) is 3.90. The van der Waals surface area contributed by atoms with Crippen molar-refractivity contribution in [1.29, 1.82) is 0 Å². The second-order valence-electron chi connectivity index (χ2n) is 7.34. The summed E-state index contributed by atoms with van der Waals surface area (Å²) >= 11 is 0. The third-order valence-electron chi connectivity index (χ3n) is 5.33. The average Bonchev–Trinajstić information content (AvgIpc) is 3.33. The van der Waals surface area contributed by atoms with E-state index in [2.05, 4.69) is 35.9 Å². The molecule has 150 valence electrons. The van der Waals surface area contributed by atoms with Crippen molar-refractivity contribution in [2.24, 2.45) is 0 Å². The molecule has 29 heavy (non-hydrogen) atoms. The third kappa shape index (κ3) is 3.37. The maximum atomic E-state index is 14.5. The summed E-state index contributed by atoms with van der Waals surface area (Å²) < 4.78 is 20.1. The molecule has 2 N–H and O–H groups in total. The lowest BCUT2D eigenvalue weighted by Crippen LogP contribution is -2.51. The highest BCUT2D eigenvalue weighted by Gasteiger charge is 2.43. The second kappa shape index (κ2) is 6.99. The topological polar surface area (TPSA) is 124 Å². The Morgan fingerprint density at radius 3 is 2.86 bits per heavy atom. The van der Waals surface area contributed by atoms with Crippen LogP contribution in [0.5, 0.6) is 11.8 Å². The zero-order valence-electron chi connectivity index (χ0n) is 15.6. The number of alkyl halides is 1. The van der Waals surface area contributed by atoms with Gasteiger partial charge in [-0.1, -0.05) is 5.10 Å². The smallest absolute Gasteiger partial charge is 0.336 e. The van der Waals surface area contributed by atoms with Crippen LogP contribution in [0, 0.1) is 6.92 Å². The molecule has 2 saturated heterocycles. The Labute approximate surface area is 165 Å². The molecule has 0 spiro atoms. The Morgan fingerprint density at radius 1 is 1.24 bits per heavy atom. The van der Waals surface area contributed by atoms with Gasteiger partial charge in [0.1, 0.15) is 17.5 Å². The van der Waals surface area contributed by atoms with Crippen LogP contribution in [0.2, 0.25) is 0 Å². The van der Waals surface area contributed by atoms with Gasteiger partial charge in [-0.2, -0.15) is 0 Å². The molecule has 2 aliphatic heterocycles. The molecular weight excluding hydrogens is 379 g/mol. The van der Waals surface area contributed by atoms with E-state index in [9.17, 15) is 9.50 Å². The summed E-state index contributed by atoms with van der Waals surface area (Å²) in [6.07, 6.45) is 2.14. The predicted molar refractivity (Wildman–Crippen MR) is 98.3 cm³/mol. The van der Waals surface area contributed by atoms with Crippen molar-refractivity contribution in [2.45, 2.75) is 50.5 Å². The van der Waals surface area contributed by atoms with Crippen LogP contribution in [-0.4, -0.2) is 64.9 Å². The highest BCUT2D eigenvalue weighted by Crippen LogP contribution is 2.32. The number of ether oxygens (including phenoxy) is 1. The molecule has 2 aliphatic rings. The van der Waals surface area contributed by atoms with Crippen LogP contribution in [0.25, 0.3) is 16.9 Å². The van der Waals surface area contributed by atoms with E-state index < -0.39 is 12.3 Å². The fourth-order valence-electron chi connectivity index (χ4n) is 3.90. The molecule has 2 unspecified atom stereocenters. The minimum Gasteiger partial charge on any atom is -0.507 e. The Bertz CT molecular complexity index is 1030. The largest absolute Gasteiger partial charge is 0.507 e.